The molecule has 0 bridgehead atoms. The van der Waals surface area contributed by atoms with Crippen molar-refractivity contribution in [1.29, 1.82) is 0 Å². The summed E-state index contributed by atoms with van der Waals surface area (Å²) in [5.41, 5.74) is 1.16. The van der Waals surface area contributed by atoms with Gasteiger partial charge in [0.25, 0.3) is 11.8 Å². The highest BCUT2D eigenvalue weighted by atomic mass is 16.3. The number of hydrogen-bond donors (Lipinski definition) is 3. The van der Waals surface area contributed by atoms with Crippen LogP contribution in [0.4, 0.5) is 5.69 Å². The van der Waals surface area contributed by atoms with E-state index >= 15 is 0 Å². The standard InChI is InChI=1S/C16H17N3O3/c20-10-8-17-16(22)13-5-4-9-19(11-13)12-15(21)18-14-6-2-1-3-7-14/h1-7,9,11,20H,8,10,12H2,(H-,17,18,21,22)/p+1. The number of anilines is 1. The van der Waals surface area contributed by atoms with Crippen molar-refractivity contribution >= 4 is 17.5 Å². The van der Waals surface area contributed by atoms with Gasteiger partial charge in [0, 0.05) is 18.3 Å². The number of carbonyl (C=O) groups excluding carboxylic acids is 2. The summed E-state index contributed by atoms with van der Waals surface area (Å²) in [6, 6.07) is 12.5. The van der Waals surface area contributed by atoms with Crippen molar-refractivity contribution in [2.75, 3.05) is 18.5 Å². The molecule has 2 aromatic rings. The maximum atomic E-state index is 12.0. The molecule has 2 rings (SSSR count). The highest BCUT2D eigenvalue weighted by molar-refractivity contribution is 5.93. The minimum atomic E-state index is -0.285. The molecule has 2 amide bonds. The Morgan fingerprint density at radius 2 is 1.86 bits per heavy atom. The van der Waals surface area contributed by atoms with Gasteiger partial charge < -0.3 is 15.7 Å². The number of hydrogen-bond acceptors (Lipinski definition) is 3. The molecule has 1 aromatic carbocycles. The van der Waals surface area contributed by atoms with Crippen LogP contribution in [-0.2, 0) is 11.3 Å². The second-order valence-electron chi connectivity index (χ2n) is 4.66. The maximum absolute atomic E-state index is 12.0. The highest BCUT2D eigenvalue weighted by Crippen LogP contribution is 2.04. The minimum Gasteiger partial charge on any atom is -0.395 e. The molecule has 0 unspecified atom stereocenters. The number of carbonyl (C=O) groups is 2. The van der Waals surface area contributed by atoms with Crippen molar-refractivity contribution in [2.24, 2.45) is 0 Å². The molecule has 6 nitrogen and oxygen atoms in total. The number of para-hydroxylation sites is 1. The van der Waals surface area contributed by atoms with Gasteiger partial charge in [0.15, 0.2) is 12.4 Å². The summed E-state index contributed by atoms with van der Waals surface area (Å²) >= 11 is 0. The lowest BCUT2D eigenvalue weighted by atomic mass is 10.2. The van der Waals surface area contributed by atoms with Gasteiger partial charge in [0.05, 0.1) is 6.61 Å². The Kier molecular flexibility index (Phi) is 5.62. The van der Waals surface area contributed by atoms with Crippen molar-refractivity contribution in [2.45, 2.75) is 6.54 Å². The second kappa shape index (κ2) is 7.90. The zero-order chi connectivity index (χ0) is 15.8. The first-order valence-corrected chi connectivity index (χ1v) is 6.92. The molecule has 0 saturated heterocycles. The first kappa shape index (κ1) is 15.7. The summed E-state index contributed by atoms with van der Waals surface area (Å²) in [6.45, 7) is 0.191. The Labute approximate surface area is 128 Å². The van der Waals surface area contributed by atoms with Crippen molar-refractivity contribution in [3.63, 3.8) is 0 Å². The molecule has 0 saturated carbocycles. The largest absolute Gasteiger partial charge is 0.395 e. The lowest BCUT2D eigenvalue weighted by molar-refractivity contribution is -0.684. The number of aliphatic hydroxyl groups is 1. The van der Waals surface area contributed by atoms with E-state index in [1.54, 1.807) is 41.2 Å². The van der Waals surface area contributed by atoms with Crippen LogP contribution in [-0.4, -0.2) is 30.1 Å². The van der Waals surface area contributed by atoms with Crippen LogP contribution in [0.1, 0.15) is 10.4 Å². The van der Waals surface area contributed by atoms with Gasteiger partial charge in [0.1, 0.15) is 5.56 Å². The molecule has 0 atom stereocenters. The Morgan fingerprint density at radius 3 is 2.59 bits per heavy atom. The van der Waals surface area contributed by atoms with Gasteiger partial charge in [-0.2, -0.15) is 4.57 Å². The molecule has 1 heterocycles. The number of rotatable bonds is 6. The molecule has 0 fully saturated rings. The molecule has 0 radical (unpaired) electrons. The summed E-state index contributed by atoms with van der Waals surface area (Å²) in [5.74, 6) is -0.462. The number of pyridine rings is 1. The number of amides is 2. The van der Waals surface area contributed by atoms with Crippen molar-refractivity contribution in [3.8, 4) is 0 Å². The third-order valence-electron chi connectivity index (χ3n) is 2.90. The van der Waals surface area contributed by atoms with E-state index in [9.17, 15) is 9.59 Å². The van der Waals surface area contributed by atoms with Crippen LogP contribution < -0.4 is 15.2 Å². The van der Waals surface area contributed by atoms with E-state index in [0.29, 0.717) is 5.56 Å². The van der Waals surface area contributed by atoms with Crippen LogP contribution in [0.3, 0.4) is 0 Å². The zero-order valence-corrected chi connectivity index (χ0v) is 12.0. The van der Waals surface area contributed by atoms with E-state index < -0.39 is 0 Å². The van der Waals surface area contributed by atoms with Gasteiger partial charge in [-0.3, -0.25) is 9.59 Å². The monoisotopic (exact) mass is 300 g/mol. The fourth-order valence-electron chi connectivity index (χ4n) is 1.91. The second-order valence-corrected chi connectivity index (χ2v) is 4.66. The lowest BCUT2D eigenvalue weighted by Gasteiger charge is -2.04. The van der Waals surface area contributed by atoms with E-state index in [-0.39, 0.29) is 31.5 Å². The number of aromatic nitrogens is 1. The van der Waals surface area contributed by atoms with Crippen LogP contribution in [0.15, 0.2) is 54.9 Å². The quantitative estimate of drug-likeness (QED) is 0.673. The fourth-order valence-corrected chi connectivity index (χ4v) is 1.91. The predicted octanol–water partition coefficient (Wildman–Crippen LogP) is 0.335. The summed E-state index contributed by atoms with van der Waals surface area (Å²) < 4.78 is 1.63. The SMILES string of the molecule is O=C(C[n+]1cccc(C(=O)NCCO)c1)Nc1ccccc1. The molecular formula is C16H18N3O3+. The summed E-state index contributed by atoms with van der Waals surface area (Å²) in [7, 11) is 0. The predicted molar refractivity (Wildman–Crippen MR) is 81.1 cm³/mol. The third kappa shape index (κ3) is 4.68. The maximum Gasteiger partial charge on any atom is 0.290 e. The van der Waals surface area contributed by atoms with Crippen LogP contribution in [0, 0.1) is 0 Å². The average Bonchev–Trinajstić information content (AvgIpc) is 2.53. The van der Waals surface area contributed by atoms with Crippen molar-refractivity contribution in [1.82, 2.24) is 5.32 Å². The molecule has 0 aliphatic carbocycles. The van der Waals surface area contributed by atoms with Crippen LogP contribution in [0.5, 0.6) is 0 Å². The Morgan fingerprint density at radius 1 is 1.09 bits per heavy atom. The summed E-state index contributed by atoms with van der Waals surface area (Å²) in [6.07, 6.45) is 3.31. The smallest absolute Gasteiger partial charge is 0.290 e. The van der Waals surface area contributed by atoms with E-state index in [4.69, 9.17) is 5.11 Å². The Hall–Kier alpha value is -2.73. The molecule has 6 heteroatoms. The lowest BCUT2D eigenvalue weighted by Crippen LogP contribution is -2.41. The van der Waals surface area contributed by atoms with Crippen LogP contribution >= 0.6 is 0 Å². The highest BCUT2D eigenvalue weighted by Gasteiger charge is 2.13. The average molecular weight is 300 g/mol. The Balaban J connectivity index is 1.98. The van der Waals surface area contributed by atoms with Crippen molar-refractivity contribution < 1.29 is 19.3 Å². The molecule has 1 aromatic heterocycles. The number of aliphatic hydroxyl groups excluding tert-OH is 1. The number of nitrogens with one attached hydrogen (secondary N) is 2. The zero-order valence-electron chi connectivity index (χ0n) is 12.0. The first-order chi connectivity index (χ1) is 10.7. The molecule has 0 aliphatic heterocycles. The number of nitrogens with zero attached hydrogens (tertiary/aromatic N) is 1. The number of benzene rings is 1. The Bertz CT molecular complexity index is 644. The van der Waals surface area contributed by atoms with Gasteiger partial charge >= 0.3 is 0 Å². The van der Waals surface area contributed by atoms with E-state index in [1.165, 1.54) is 0 Å². The molecule has 22 heavy (non-hydrogen) atoms. The molecule has 3 N–H and O–H groups in total. The van der Waals surface area contributed by atoms with Gasteiger partial charge in [-0.1, -0.05) is 18.2 Å². The molecule has 0 spiro atoms. The van der Waals surface area contributed by atoms with Gasteiger partial charge in [0.2, 0.25) is 6.54 Å². The van der Waals surface area contributed by atoms with Crippen molar-refractivity contribution in [3.05, 3.63) is 60.4 Å². The summed E-state index contributed by atoms with van der Waals surface area (Å²) in [4.78, 5) is 23.8. The fraction of sp³-hybridized carbons (Fsp3) is 0.188. The van der Waals surface area contributed by atoms with Gasteiger partial charge in [-0.05, 0) is 18.2 Å². The van der Waals surface area contributed by atoms with E-state index in [0.717, 1.165) is 5.69 Å². The van der Waals surface area contributed by atoms with Gasteiger partial charge in [-0.15, -0.1) is 0 Å². The van der Waals surface area contributed by atoms with E-state index in [2.05, 4.69) is 10.6 Å². The van der Waals surface area contributed by atoms with Crippen LogP contribution in [0.25, 0.3) is 0 Å². The minimum absolute atomic E-state index is 0.107. The molecular weight excluding hydrogens is 282 g/mol. The molecule has 114 valence electrons. The van der Waals surface area contributed by atoms with E-state index in [1.807, 2.05) is 18.2 Å². The molecule has 0 aliphatic rings. The van der Waals surface area contributed by atoms with Gasteiger partial charge in [-0.25, -0.2) is 0 Å². The van der Waals surface area contributed by atoms with Crippen LogP contribution in [0.2, 0.25) is 0 Å². The third-order valence-corrected chi connectivity index (χ3v) is 2.90. The normalized spacial score (nSPS) is 10.0. The topological polar surface area (TPSA) is 82.3 Å². The first-order valence-electron chi connectivity index (χ1n) is 6.92. The summed E-state index contributed by atoms with van der Waals surface area (Å²) in [5, 5.41) is 14.0.